The average Bonchev–Trinajstić information content (AvgIpc) is 3.33. The van der Waals surface area contributed by atoms with Gasteiger partial charge in [0, 0.05) is 18.2 Å². The second-order valence-electron chi connectivity index (χ2n) is 5.77. The predicted octanol–water partition coefficient (Wildman–Crippen LogP) is 1.50. The monoisotopic (exact) mass is 325 g/mol. The maximum Gasteiger partial charge on any atom is 0.289 e. The Labute approximate surface area is 129 Å². The van der Waals surface area contributed by atoms with E-state index in [0.717, 1.165) is 38.8 Å². The van der Waals surface area contributed by atoms with Gasteiger partial charge in [-0.25, -0.2) is 8.42 Å². The van der Waals surface area contributed by atoms with Crippen molar-refractivity contribution in [3.05, 3.63) is 34.4 Å². The fraction of sp³-hybridized carbons (Fsp3) is 0.571. The molecule has 2 fully saturated rings. The second-order valence-corrected chi connectivity index (χ2v) is 7.58. The molecular formula is C14H19N3O4S. The summed E-state index contributed by atoms with van der Waals surface area (Å²) in [4.78, 5) is 10.4. The number of rotatable bonds is 5. The molecule has 0 spiro atoms. The van der Waals surface area contributed by atoms with Gasteiger partial charge in [-0.1, -0.05) is 12.1 Å². The number of hydrogen-bond acceptors (Lipinski definition) is 5. The summed E-state index contributed by atoms with van der Waals surface area (Å²) in [6, 6.07) is 5.53. The van der Waals surface area contributed by atoms with Gasteiger partial charge in [0.05, 0.1) is 4.92 Å². The van der Waals surface area contributed by atoms with Gasteiger partial charge in [0.15, 0.2) is 4.90 Å². The van der Waals surface area contributed by atoms with Crippen molar-refractivity contribution >= 4 is 15.7 Å². The summed E-state index contributed by atoms with van der Waals surface area (Å²) in [6.45, 7) is 1.56. The molecule has 1 saturated heterocycles. The van der Waals surface area contributed by atoms with E-state index < -0.39 is 14.9 Å². The zero-order valence-corrected chi connectivity index (χ0v) is 13.0. The molecule has 120 valence electrons. The molecule has 1 aliphatic carbocycles. The van der Waals surface area contributed by atoms with Crippen LogP contribution in [0, 0.1) is 10.1 Å². The highest BCUT2D eigenvalue weighted by Crippen LogP contribution is 2.38. The van der Waals surface area contributed by atoms with Gasteiger partial charge in [-0.15, -0.1) is 0 Å². The summed E-state index contributed by atoms with van der Waals surface area (Å²) < 4.78 is 27.6. The summed E-state index contributed by atoms with van der Waals surface area (Å²) in [5.74, 6) is 0. The number of piperidine rings is 1. The Morgan fingerprint density at radius 2 is 1.68 bits per heavy atom. The standard InChI is InChI=1S/C14H19N3O4S/c18-17(19)13-3-1-2-4-14(13)22(20,21)16(11-5-6-11)12-7-9-15-10-8-12/h1-4,11-12,15H,5-10H2. The lowest BCUT2D eigenvalue weighted by Gasteiger charge is -2.33. The third kappa shape index (κ3) is 2.86. The minimum absolute atomic E-state index is 0.00656. The molecule has 0 unspecified atom stereocenters. The summed E-state index contributed by atoms with van der Waals surface area (Å²) in [7, 11) is -3.85. The minimum Gasteiger partial charge on any atom is -0.317 e. The Hall–Kier alpha value is -1.51. The third-order valence-corrected chi connectivity index (χ3v) is 6.25. The van der Waals surface area contributed by atoms with Crippen molar-refractivity contribution in [2.75, 3.05) is 13.1 Å². The first kappa shape index (κ1) is 15.4. The molecule has 0 radical (unpaired) electrons. The van der Waals surface area contributed by atoms with Gasteiger partial charge >= 0.3 is 0 Å². The van der Waals surface area contributed by atoms with Crippen molar-refractivity contribution in [3.63, 3.8) is 0 Å². The number of nitrogens with zero attached hydrogens (tertiary/aromatic N) is 2. The minimum atomic E-state index is -3.85. The van der Waals surface area contributed by atoms with Crippen LogP contribution < -0.4 is 5.32 Å². The molecule has 0 bridgehead atoms. The molecule has 1 heterocycles. The number of sulfonamides is 1. The molecule has 1 aromatic carbocycles. The Morgan fingerprint density at radius 3 is 2.27 bits per heavy atom. The highest BCUT2D eigenvalue weighted by Gasteiger charge is 2.44. The maximum absolute atomic E-state index is 13.0. The van der Waals surface area contributed by atoms with E-state index in [0.29, 0.717) is 0 Å². The van der Waals surface area contributed by atoms with Crippen LogP contribution in [0.3, 0.4) is 0 Å². The Kier molecular flexibility index (Phi) is 4.16. The van der Waals surface area contributed by atoms with E-state index in [2.05, 4.69) is 5.32 Å². The van der Waals surface area contributed by atoms with Gasteiger partial charge in [0.2, 0.25) is 10.0 Å². The highest BCUT2D eigenvalue weighted by atomic mass is 32.2. The molecule has 2 aliphatic rings. The topological polar surface area (TPSA) is 92.5 Å². The predicted molar refractivity (Wildman–Crippen MR) is 81.0 cm³/mol. The first-order valence-electron chi connectivity index (χ1n) is 7.49. The maximum atomic E-state index is 13.0. The van der Waals surface area contributed by atoms with Crippen LogP contribution in [0.4, 0.5) is 5.69 Å². The quantitative estimate of drug-likeness (QED) is 0.654. The molecule has 1 aromatic rings. The molecule has 0 aromatic heterocycles. The van der Waals surface area contributed by atoms with Crippen LogP contribution in [0.1, 0.15) is 25.7 Å². The molecule has 22 heavy (non-hydrogen) atoms. The Balaban J connectivity index is 2.01. The van der Waals surface area contributed by atoms with Gasteiger partial charge in [-0.3, -0.25) is 10.1 Å². The zero-order chi connectivity index (χ0) is 15.7. The van der Waals surface area contributed by atoms with Crippen molar-refractivity contribution < 1.29 is 13.3 Å². The van der Waals surface area contributed by atoms with Crippen LogP contribution >= 0.6 is 0 Å². The average molecular weight is 325 g/mol. The summed E-state index contributed by atoms with van der Waals surface area (Å²) in [6.07, 6.45) is 3.17. The number of nitrogens with one attached hydrogen (secondary N) is 1. The summed E-state index contributed by atoms with van der Waals surface area (Å²) in [5, 5.41) is 14.4. The van der Waals surface area contributed by atoms with Crippen molar-refractivity contribution in [3.8, 4) is 0 Å². The number of para-hydroxylation sites is 1. The number of nitro groups is 1. The highest BCUT2D eigenvalue weighted by molar-refractivity contribution is 7.89. The molecule has 1 aliphatic heterocycles. The van der Waals surface area contributed by atoms with Crippen LogP contribution in [0.5, 0.6) is 0 Å². The largest absolute Gasteiger partial charge is 0.317 e. The SMILES string of the molecule is O=[N+]([O-])c1ccccc1S(=O)(=O)N(C1CCNCC1)C1CC1. The third-order valence-electron chi connectivity index (χ3n) is 4.19. The Bertz CT molecular complexity index is 666. The lowest BCUT2D eigenvalue weighted by molar-refractivity contribution is -0.387. The molecule has 7 nitrogen and oxygen atoms in total. The normalized spacial score (nSPS) is 20.2. The fourth-order valence-corrected chi connectivity index (χ4v) is 5.11. The summed E-state index contributed by atoms with van der Waals surface area (Å²) >= 11 is 0. The number of hydrogen-bond donors (Lipinski definition) is 1. The first-order chi connectivity index (χ1) is 10.5. The van der Waals surface area contributed by atoms with Gasteiger partial charge in [-0.2, -0.15) is 4.31 Å². The number of benzene rings is 1. The lowest BCUT2D eigenvalue weighted by Crippen LogP contribution is -2.47. The molecular weight excluding hydrogens is 306 g/mol. The van der Waals surface area contributed by atoms with Gasteiger partial charge in [-0.05, 0) is 44.8 Å². The molecule has 0 atom stereocenters. The van der Waals surface area contributed by atoms with E-state index in [-0.39, 0.29) is 22.7 Å². The van der Waals surface area contributed by atoms with Crippen molar-refractivity contribution in [1.29, 1.82) is 0 Å². The molecule has 3 rings (SSSR count). The molecule has 1 N–H and O–H groups in total. The van der Waals surface area contributed by atoms with Crippen LogP contribution in [0.25, 0.3) is 0 Å². The van der Waals surface area contributed by atoms with Crippen LogP contribution in [-0.2, 0) is 10.0 Å². The molecule has 0 amide bonds. The van der Waals surface area contributed by atoms with Crippen LogP contribution in [0.2, 0.25) is 0 Å². The van der Waals surface area contributed by atoms with Crippen molar-refractivity contribution in [2.24, 2.45) is 0 Å². The van der Waals surface area contributed by atoms with Gasteiger partial charge in [0.1, 0.15) is 0 Å². The van der Waals surface area contributed by atoms with Crippen molar-refractivity contribution in [1.82, 2.24) is 9.62 Å². The first-order valence-corrected chi connectivity index (χ1v) is 8.93. The van der Waals surface area contributed by atoms with E-state index in [1.165, 1.54) is 28.6 Å². The zero-order valence-electron chi connectivity index (χ0n) is 12.1. The van der Waals surface area contributed by atoms with Crippen LogP contribution in [-0.4, -0.2) is 42.8 Å². The van der Waals surface area contributed by atoms with E-state index in [1.807, 2.05) is 0 Å². The smallest absolute Gasteiger partial charge is 0.289 e. The van der Waals surface area contributed by atoms with Gasteiger partial charge < -0.3 is 5.32 Å². The molecule has 1 saturated carbocycles. The van der Waals surface area contributed by atoms with E-state index in [9.17, 15) is 18.5 Å². The summed E-state index contributed by atoms with van der Waals surface area (Å²) in [5.41, 5.74) is -0.345. The Morgan fingerprint density at radius 1 is 1.09 bits per heavy atom. The fourth-order valence-electron chi connectivity index (χ4n) is 3.02. The van der Waals surface area contributed by atoms with E-state index in [1.54, 1.807) is 0 Å². The number of nitro benzene ring substituents is 1. The van der Waals surface area contributed by atoms with E-state index >= 15 is 0 Å². The molecule has 8 heteroatoms. The van der Waals surface area contributed by atoms with Crippen molar-refractivity contribution in [2.45, 2.75) is 42.7 Å². The van der Waals surface area contributed by atoms with Gasteiger partial charge in [0.25, 0.3) is 5.69 Å². The van der Waals surface area contributed by atoms with Crippen LogP contribution in [0.15, 0.2) is 29.2 Å². The second kappa shape index (κ2) is 5.94. The van der Waals surface area contributed by atoms with E-state index in [4.69, 9.17) is 0 Å². The lowest BCUT2D eigenvalue weighted by atomic mass is 10.1.